The van der Waals surface area contributed by atoms with Gasteiger partial charge in [0.05, 0.1) is 8.67 Å². The number of hydrogen-bond donors (Lipinski definition) is 1. The quantitative estimate of drug-likeness (QED) is 0.828. The Bertz CT molecular complexity index is 340. The van der Waals surface area contributed by atoms with Crippen LogP contribution in [0.3, 0.4) is 0 Å². The van der Waals surface area contributed by atoms with E-state index in [-0.39, 0.29) is 0 Å². The van der Waals surface area contributed by atoms with Crippen LogP contribution in [-0.4, -0.2) is 17.5 Å². The van der Waals surface area contributed by atoms with Gasteiger partial charge in [0.1, 0.15) is 0 Å². The Morgan fingerprint density at radius 2 is 2.27 bits per heavy atom. The Kier molecular flexibility index (Phi) is 4.24. The first-order valence-electron chi connectivity index (χ1n) is 4.96. The molecule has 1 nitrogen and oxygen atoms in total. The summed E-state index contributed by atoms with van der Waals surface area (Å²) in [6.07, 6.45) is 1.22. The van der Waals surface area contributed by atoms with Crippen LogP contribution in [0.15, 0.2) is 6.07 Å². The second kappa shape index (κ2) is 5.28. The van der Waals surface area contributed by atoms with Crippen molar-refractivity contribution in [2.24, 2.45) is 0 Å². The van der Waals surface area contributed by atoms with E-state index in [9.17, 15) is 0 Å². The van der Waals surface area contributed by atoms with Crippen LogP contribution in [0.2, 0.25) is 8.67 Å². The minimum Gasteiger partial charge on any atom is -0.309 e. The monoisotopic (exact) mass is 281 g/mol. The predicted molar refractivity (Wildman–Crippen MR) is 71.6 cm³/mol. The van der Waals surface area contributed by atoms with Gasteiger partial charge < -0.3 is 5.32 Å². The topological polar surface area (TPSA) is 12.0 Å². The second-order valence-electron chi connectivity index (χ2n) is 3.72. The van der Waals surface area contributed by atoms with E-state index in [4.69, 9.17) is 23.2 Å². The minimum absolute atomic E-state index is 0.358. The first-order chi connectivity index (χ1) is 7.16. The van der Waals surface area contributed by atoms with E-state index < -0.39 is 0 Å². The summed E-state index contributed by atoms with van der Waals surface area (Å²) in [6, 6.07) is 2.35. The lowest BCUT2D eigenvalue weighted by atomic mass is 10.2. The predicted octanol–water partition coefficient (Wildman–Crippen LogP) is 4.21. The maximum atomic E-state index is 6.15. The summed E-state index contributed by atoms with van der Waals surface area (Å²) < 4.78 is 1.60. The number of rotatable bonds is 1. The van der Waals surface area contributed by atoms with Gasteiger partial charge in [0.25, 0.3) is 0 Å². The molecule has 2 unspecified atom stereocenters. The summed E-state index contributed by atoms with van der Waals surface area (Å²) in [7, 11) is 0. The van der Waals surface area contributed by atoms with Crippen molar-refractivity contribution in [1.82, 2.24) is 5.32 Å². The third-order valence-corrected chi connectivity index (χ3v) is 5.40. The lowest BCUT2D eigenvalue weighted by molar-refractivity contribution is 0.580. The van der Waals surface area contributed by atoms with Crippen LogP contribution in [0.4, 0.5) is 0 Å². The average Bonchev–Trinajstić information content (AvgIpc) is 2.39. The van der Waals surface area contributed by atoms with Gasteiger partial charge in [-0.3, -0.25) is 0 Å². The van der Waals surface area contributed by atoms with E-state index in [1.165, 1.54) is 17.8 Å². The van der Waals surface area contributed by atoms with Gasteiger partial charge in [-0.1, -0.05) is 30.1 Å². The van der Waals surface area contributed by atoms with Crippen molar-refractivity contribution < 1.29 is 0 Å². The first kappa shape index (κ1) is 12.1. The molecule has 1 aromatic heterocycles. The van der Waals surface area contributed by atoms with Crippen molar-refractivity contribution in [1.29, 1.82) is 0 Å². The van der Waals surface area contributed by atoms with Crippen LogP contribution in [0, 0.1) is 0 Å². The first-order valence-corrected chi connectivity index (χ1v) is 7.58. The highest BCUT2D eigenvalue weighted by atomic mass is 35.5. The molecule has 1 fully saturated rings. The molecule has 0 saturated carbocycles. The van der Waals surface area contributed by atoms with E-state index in [1.807, 2.05) is 17.8 Å². The van der Waals surface area contributed by atoms with Crippen LogP contribution in [0.1, 0.15) is 24.9 Å². The fourth-order valence-electron chi connectivity index (χ4n) is 1.65. The molecule has 2 heterocycles. The standard InChI is InChI=1S/C10H13Cl2NS2/c1-6-2-3-13-8(5-14-6)7-4-9(11)15-10(7)12/h4,6,8,13H,2-3,5H2,1H3. The van der Waals surface area contributed by atoms with Crippen LogP contribution in [0.5, 0.6) is 0 Å². The number of thiophene rings is 1. The molecule has 15 heavy (non-hydrogen) atoms. The summed E-state index contributed by atoms with van der Waals surface area (Å²) in [5.74, 6) is 1.08. The second-order valence-corrected chi connectivity index (χ2v) is 7.48. The smallest absolute Gasteiger partial charge is 0.0992 e. The van der Waals surface area contributed by atoms with Crippen molar-refractivity contribution in [3.8, 4) is 0 Å². The summed E-state index contributed by atoms with van der Waals surface area (Å²) in [5, 5.41) is 4.26. The molecule has 0 aliphatic carbocycles. The molecule has 2 atom stereocenters. The molecule has 0 radical (unpaired) electrons. The Labute approximate surface area is 109 Å². The van der Waals surface area contributed by atoms with Gasteiger partial charge in [-0.15, -0.1) is 11.3 Å². The molecule has 0 spiro atoms. The van der Waals surface area contributed by atoms with E-state index >= 15 is 0 Å². The highest BCUT2D eigenvalue weighted by Gasteiger charge is 2.21. The summed E-state index contributed by atoms with van der Waals surface area (Å²) in [6.45, 7) is 3.33. The van der Waals surface area contributed by atoms with Gasteiger partial charge in [0.15, 0.2) is 0 Å². The van der Waals surface area contributed by atoms with Crippen molar-refractivity contribution in [3.63, 3.8) is 0 Å². The highest BCUT2D eigenvalue weighted by Crippen LogP contribution is 2.37. The van der Waals surface area contributed by atoms with Gasteiger partial charge >= 0.3 is 0 Å². The number of thioether (sulfide) groups is 1. The van der Waals surface area contributed by atoms with Crippen LogP contribution < -0.4 is 5.32 Å². The van der Waals surface area contributed by atoms with Crippen LogP contribution in [-0.2, 0) is 0 Å². The normalized spacial score (nSPS) is 27.7. The molecule has 5 heteroatoms. The van der Waals surface area contributed by atoms with Crippen molar-refractivity contribution in [2.75, 3.05) is 12.3 Å². The van der Waals surface area contributed by atoms with E-state index in [1.54, 1.807) is 0 Å². The maximum Gasteiger partial charge on any atom is 0.0992 e. The Morgan fingerprint density at radius 3 is 2.93 bits per heavy atom. The molecule has 1 aliphatic heterocycles. The molecular weight excluding hydrogens is 269 g/mol. The van der Waals surface area contributed by atoms with Gasteiger partial charge in [0.2, 0.25) is 0 Å². The Hall–Kier alpha value is 0.590. The molecule has 1 N–H and O–H groups in total. The molecular formula is C10H13Cl2NS2. The third kappa shape index (κ3) is 3.04. The number of hydrogen-bond acceptors (Lipinski definition) is 3. The largest absolute Gasteiger partial charge is 0.309 e. The van der Waals surface area contributed by atoms with E-state index in [2.05, 4.69) is 12.2 Å². The molecule has 0 amide bonds. The molecule has 1 aliphatic rings. The Morgan fingerprint density at radius 1 is 1.47 bits per heavy atom. The molecule has 1 saturated heterocycles. The van der Waals surface area contributed by atoms with Gasteiger partial charge in [-0.2, -0.15) is 11.8 Å². The summed E-state index contributed by atoms with van der Waals surface area (Å²) >= 11 is 15.6. The molecule has 84 valence electrons. The van der Waals surface area contributed by atoms with E-state index in [0.717, 1.165) is 31.8 Å². The van der Waals surface area contributed by atoms with Crippen molar-refractivity contribution in [2.45, 2.75) is 24.6 Å². The van der Waals surface area contributed by atoms with Crippen molar-refractivity contribution in [3.05, 3.63) is 20.3 Å². The lowest BCUT2D eigenvalue weighted by Gasteiger charge is -2.14. The van der Waals surface area contributed by atoms with Gasteiger partial charge in [0, 0.05) is 22.6 Å². The number of nitrogens with one attached hydrogen (secondary N) is 1. The van der Waals surface area contributed by atoms with Crippen LogP contribution in [0.25, 0.3) is 0 Å². The zero-order chi connectivity index (χ0) is 10.8. The highest BCUT2D eigenvalue weighted by molar-refractivity contribution is 7.99. The summed E-state index contributed by atoms with van der Waals surface area (Å²) in [4.78, 5) is 0. The van der Waals surface area contributed by atoms with Gasteiger partial charge in [-0.25, -0.2) is 0 Å². The van der Waals surface area contributed by atoms with E-state index in [0.29, 0.717) is 6.04 Å². The average molecular weight is 282 g/mol. The molecule has 0 bridgehead atoms. The maximum absolute atomic E-state index is 6.15. The molecule has 2 rings (SSSR count). The van der Waals surface area contributed by atoms with Crippen LogP contribution >= 0.6 is 46.3 Å². The third-order valence-electron chi connectivity index (χ3n) is 2.55. The fraction of sp³-hybridized carbons (Fsp3) is 0.600. The van der Waals surface area contributed by atoms with Crippen molar-refractivity contribution >= 4 is 46.3 Å². The molecule has 1 aromatic rings. The Balaban J connectivity index is 2.12. The fourth-order valence-corrected chi connectivity index (χ4v) is 4.34. The number of halogens is 2. The zero-order valence-corrected chi connectivity index (χ0v) is 11.6. The molecule has 0 aromatic carbocycles. The zero-order valence-electron chi connectivity index (χ0n) is 8.43. The van der Waals surface area contributed by atoms with Gasteiger partial charge in [-0.05, 0) is 19.0 Å². The summed E-state index contributed by atoms with van der Waals surface area (Å²) in [5.41, 5.74) is 1.16. The lowest BCUT2D eigenvalue weighted by Crippen LogP contribution is -2.22. The SMILES string of the molecule is CC1CCNC(c2cc(Cl)sc2Cl)CS1. The minimum atomic E-state index is 0.358.